The molecule has 4 atom stereocenters. The summed E-state index contributed by atoms with van der Waals surface area (Å²) in [6, 6.07) is 14.7. The fourth-order valence-corrected chi connectivity index (χ4v) is 6.48. The molecule has 1 spiro atoms. The van der Waals surface area contributed by atoms with Crippen LogP contribution in [0.4, 0.5) is 15.8 Å². The van der Waals surface area contributed by atoms with E-state index in [1.165, 1.54) is 33.3 Å². The van der Waals surface area contributed by atoms with Crippen molar-refractivity contribution in [3.05, 3.63) is 89.2 Å². The molecule has 0 aromatic heterocycles. The number of hydrogen-bond acceptors (Lipinski definition) is 6. The van der Waals surface area contributed by atoms with E-state index < -0.39 is 35.0 Å². The molecule has 0 aliphatic carbocycles. The van der Waals surface area contributed by atoms with Crippen molar-refractivity contribution in [3.63, 3.8) is 0 Å². The van der Waals surface area contributed by atoms with Gasteiger partial charge in [0.05, 0.1) is 37.8 Å². The van der Waals surface area contributed by atoms with E-state index in [0.717, 1.165) is 0 Å². The first-order valence-electron chi connectivity index (χ1n) is 12.3. The van der Waals surface area contributed by atoms with Gasteiger partial charge in [0.2, 0.25) is 5.91 Å². The summed E-state index contributed by atoms with van der Waals surface area (Å²) in [7, 11) is 2.95. The molecule has 192 valence electrons. The van der Waals surface area contributed by atoms with E-state index in [2.05, 4.69) is 5.32 Å². The Kier molecular flexibility index (Phi) is 5.38. The monoisotopic (exact) mass is 512 g/mol. The number of hydrogen-bond donors (Lipinski definition) is 1. The van der Waals surface area contributed by atoms with Gasteiger partial charge in [-0.2, -0.15) is 0 Å². The molecule has 1 fully saturated rings. The number of nitrogens with zero attached hydrogens (tertiary/aromatic N) is 1. The average Bonchev–Trinajstić information content (AvgIpc) is 3.40. The Morgan fingerprint density at radius 2 is 1.82 bits per heavy atom. The van der Waals surface area contributed by atoms with Crippen molar-refractivity contribution in [1.82, 2.24) is 0 Å². The smallest absolute Gasteiger partial charge is 0.238 e. The molecule has 0 saturated carbocycles. The summed E-state index contributed by atoms with van der Waals surface area (Å²) in [6.07, 6.45) is 3.56. The SMILES string of the molecule is COc1ccc(OC)c(C(=O)[C@@H]2[C@@H](C(C)=O)N3c4ccc(F)cc4C=C[C@@H]3[C@@]23C(=O)Nc2ccccc23)c1. The minimum absolute atomic E-state index is 0.211. The molecule has 1 N–H and O–H groups in total. The van der Waals surface area contributed by atoms with Gasteiger partial charge in [-0.25, -0.2) is 4.39 Å². The lowest BCUT2D eigenvalue weighted by atomic mass is 9.64. The number of fused-ring (bicyclic) bond motifs is 6. The summed E-state index contributed by atoms with van der Waals surface area (Å²) >= 11 is 0. The third-order valence-electron chi connectivity index (χ3n) is 7.97. The van der Waals surface area contributed by atoms with Crippen LogP contribution in [0.25, 0.3) is 6.08 Å². The maximum absolute atomic E-state index is 14.7. The van der Waals surface area contributed by atoms with E-state index in [1.54, 1.807) is 42.5 Å². The van der Waals surface area contributed by atoms with Gasteiger partial charge in [-0.1, -0.05) is 30.4 Å². The van der Waals surface area contributed by atoms with E-state index in [0.29, 0.717) is 34.0 Å². The number of methoxy groups -OCH3 is 2. The molecule has 38 heavy (non-hydrogen) atoms. The highest BCUT2D eigenvalue weighted by Gasteiger charge is 2.70. The number of carbonyl (C=O) groups excluding carboxylic acids is 3. The zero-order chi connectivity index (χ0) is 26.8. The van der Waals surface area contributed by atoms with Crippen LogP contribution in [-0.4, -0.2) is 43.8 Å². The first-order chi connectivity index (χ1) is 18.3. The van der Waals surface area contributed by atoms with Gasteiger partial charge in [0.15, 0.2) is 11.6 Å². The zero-order valence-electron chi connectivity index (χ0n) is 21.0. The molecule has 0 radical (unpaired) electrons. The second-order valence-electron chi connectivity index (χ2n) is 9.75. The molecule has 3 heterocycles. The summed E-state index contributed by atoms with van der Waals surface area (Å²) < 4.78 is 25.1. The van der Waals surface area contributed by atoms with E-state index in [9.17, 15) is 18.8 Å². The fourth-order valence-electron chi connectivity index (χ4n) is 6.48. The molecule has 3 aromatic rings. The van der Waals surface area contributed by atoms with Crippen molar-refractivity contribution in [1.29, 1.82) is 0 Å². The number of rotatable bonds is 5. The Hall–Kier alpha value is -4.46. The predicted octanol–water partition coefficient (Wildman–Crippen LogP) is 4.41. The van der Waals surface area contributed by atoms with Crippen LogP contribution in [0.1, 0.15) is 28.4 Å². The number of ether oxygens (including phenoxy) is 2. The fraction of sp³-hybridized carbons (Fsp3) is 0.233. The van der Waals surface area contributed by atoms with E-state index in [4.69, 9.17) is 9.47 Å². The van der Waals surface area contributed by atoms with Crippen LogP contribution < -0.4 is 19.7 Å². The highest BCUT2D eigenvalue weighted by atomic mass is 19.1. The molecule has 6 rings (SSSR count). The number of halogens is 1. The van der Waals surface area contributed by atoms with Crippen LogP contribution >= 0.6 is 0 Å². The van der Waals surface area contributed by atoms with Crippen molar-refractivity contribution >= 4 is 34.9 Å². The number of para-hydroxylation sites is 1. The minimum atomic E-state index is -1.43. The van der Waals surface area contributed by atoms with Gasteiger partial charge in [0.25, 0.3) is 0 Å². The molecule has 0 bridgehead atoms. The highest BCUT2D eigenvalue weighted by molar-refractivity contribution is 6.17. The number of benzene rings is 3. The molecule has 8 heteroatoms. The summed E-state index contributed by atoms with van der Waals surface area (Å²) in [5, 5.41) is 2.96. The van der Waals surface area contributed by atoms with Crippen LogP contribution in [0.3, 0.4) is 0 Å². The van der Waals surface area contributed by atoms with Gasteiger partial charge >= 0.3 is 0 Å². The maximum Gasteiger partial charge on any atom is 0.238 e. The zero-order valence-corrected chi connectivity index (χ0v) is 21.0. The minimum Gasteiger partial charge on any atom is -0.497 e. The number of anilines is 2. The van der Waals surface area contributed by atoms with Crippen LogP contribution in [0, 0.1) is 11.7 Å². The van der Waals surface area contributed by atoms with E-state index >= 15 is 0 Å². The van der Waals surface area contributed by atoms with Crippen LogP contribution in [0.5, 0.6) is 11.5 Å². The van der Waals surface area contributed by atoms with Gasteiger partial charge in [0.1, 0.15) is 22.7 Å². The van der Waals surface area contributed by atoms with Crippen molar-refractivity contribution in [2.75, 3.05) is 24.4 Å². The van der Waals surface area contributed by atoms with Crippen LogP contribution in [-0.2, 0) is 15.0 Å². The average molecular weight is 513 g/mol. The van der Waals surface area contributed by atoms with Crippen LogP contribution in [0.15, 0.2) is 66.7 Å². The molecule has 3 aromatic carbocycles. The van der Waals surface area contributed by atoms with Gasteiger partial charge in [0, 0.05) is 16.9 Å². The van der Waals surface area contributed by atoms with Crippen molar-refractivity contribution in [3.8, 4) is 11.5 Å². The van der Waals surface area contributed by atoms with Crippen molar-refractivity contribution < 1.29 is 28.2 Å². The topological polar surface area (TPSA) is 84.9 Å². The molecular weight excluding hydrogens is 487 g/mol. The number of carbonyl (C=O) groups is 3. The lowest BCUT2D eigenvalue weighted by Crippen LogP contribution is -2.51. The predicted molar refractivity (Wildman–Crippen MR) is 140 cm³/mol. The second-order valence-corrected chi connectivity index (χ2v) is 9.75. The number of nitrogens with one attached hydrogen (secondary N) is 1. The lowest BCUT2D eigenvalue weighted by molar-refractivity contribution is -0.122. The van der Waals surface area contributed by atoms with E-state index in [1.807, 2.05) is 23.1 Å². The summed E-state index contributed by atoms with van der Waals surface area (Å²) in [5.41, 5.74) is 1.17. The van der Waals surface area contributed by atoms with Crippen molar-refractivity contribution in [2.45, 2.75) is 24.4 Å². The molecule has 7 nitrogen and oxygen atoms in total. The first kappa shape index (κ1) is 23.9. The summed E-state index contributed by atoms with van der Waals surface area (Å²) in [6.45, 7) is 1.42. The van der Waals surface area contributed by atoms with E-state index in [-0.39, 0.29) is 17.3 Å². The molecule has 0 unspecified atom stereocenters. The molecule has 3 aliphatic heterocycles. The number of Topliss-reactive ketones (excluding diaryl/α,β-unsaturated/α-hetero) is 2. The second kappa shape index (κ2) is 8.55. The molecule has 3 aliphatic rings. The Morgan fingerprint density at radius 1 is 1.03 bits per heavy atom. The Balaban J connectivity index is 1.66. The highest BCUT2D eigenvalue weighted by Crippen LogP contribution is 2.58. The number of amides is 1. The summed E-state index contributed by atoms with van der Waals surface area (Å²) in [5.74, 6) is -1.85. The van der Waals surface area contributed by atoms with Gasteiger partial charge < -0.3 is 19.7 Å². The quantitative estimate of drug-likeness (QED) is 0.510. The Morgan fingerprint density at radius 3 is 2.55 bits per heavy atom. The van der Waals surface area contributed by atoms with Gasteiger partial charge in [-0.05, 0) is 55.0 Å². The third-order valence-corrected chi connectivity index (χ3v) is 7.97. The number of ketones is 2. The standard InChI is InChI=1S/C30H25FN2O5/c1-16(34)27-26(28(35)20-15-19(37-2)10-12-24(20)38-3)30(21-6-4-5-7-22(21)32-29(30)36)25-13-8-17-14-18(31)9-11-23(17)33(25)27/h4-15,25-27H,1-3H3,(H,32,36)/t25-,26+,27-,30-/m1/s1. The molecule has 1 saturated heterocycles. The lowest BCUT2D eigenvalue weighted by Gasteiger charge is -2.37. The first-order valence-corrected chi connectivity index (χ1v) is 12.3. The molecular formula is C30H25FN2O5. The van der Waals surface area contributed by atoms with Gasteiger partial charge in [-0.3, -0.25) is 14.4 Å². The summed E-state index contributed by atoms with van der Waals surface area (Å²) in [4.78, 5) is 44.1. The van der Waals surface area contributed by atoms with Gasteiger partial charge in [-0.15, -0.1) is 0 Å². The third kappa shape index (κ3) is 3.09. The van der Waals surface area contributed by atoms with Crippen LogP contribution in [0.2, 0.25) is 0 Å². The maximum atomic E-state index is 14.7. The Labute approximate surface area is 218 Å². The normalized spacial score (nSPS) is 24.5. The largest absolute Gasteiger partial charge is 0.497 e. The Bertz CT molecular complexity index is 1550. The molecule has 1 amide bonds. The van der Waals surface area contributed by atoms with Crippen molar-refractivity contribution in [2.24, 2.45) is 5.92 Å².